The number of piperazine rings is 1. The number of rotatable bonds is 1. The van der Waals surface area contributed by atoms with Crippen molar-refractivity contribution in [1.82, 2.24) is 9.31 Å². The molecule has 0 saturated carbocycles. The van der Waals surface area contributed by atoms with Crippen LogP contribution in [0.4, 0.5) is 0 Å². The van der Waals surface area contributed by atoms with E-state index in [4.69, 9.17) is 5.84 Å². The molecule has 0 spiro atoms. The van der Waals surface area contributed by atoms with Gasteiger partial charge in [-0.1, -0.05) is 0 Å². The quantitative estimate of drug-likeness (QED) is 0.573. The molecule has 5 nitrogen and oxygen atoms in total. The van der Waals surface area contributed by atoms with Crippen molar-refractivity contribution in [2.75, 3.05) is 25.9 Å². The van der Waals surface area contributed by atoms with E-state index in [0.29, 0.717) is 19.6 Å². The molecule has 78 valence electrons. The lowest BCUT2D eigenvalue weighted by Crippen LogP contribution is -2.62. The second kappa shape index (κ2) is 3.20. The van der Waals surface area contributed by atoms with Crippen molar-refractivity contribution in [3.63, 3.8) is 0 Å². The highest BCUT2D eigenvalue weighted by Crippen LogP contribution is 2.18. The van der Waals surface area contributed by atoms with Gasteiger partial charge in [-0.25, -0.2) is 13.4 Å². The van der Waals surface area contributed by atoms with Crippen molar-refractivity contribution in [3.05, 3.63) is 0 Å². The van der Waals surface area contributed by atoms with Crippen LogP contribution in [0.3, 0.4) is 0 Å². The van der Waals surface area contributed by atoms with Gasteiger partial charge in [0.25, 0.3) is 0 Å². The normalized spacial score (nSPS) is 26.2. The summed E-state index contributed by atoms with van der Waals surface area (Å²) in [6.07, 6.45) is 1.23. The highest BCUT2D eigenvalue weighted by molar-refractivity contribution is 7.88. The lowest BCUT2D eigenvalue weighted by Gasteiger charge is -2.43. The predicted octanol–water partition coefficient (Wildman–Crippen LogP) is -0.784. The Hall–Kier alpha value is -0.170. The van der Waals surface area contributed by atoms with Gasteiger partial charge < -0.3 is 0 Å². The largest absolute Gasteiger partial charge is 0.268 e. The number of nitrogens with zero attached hydrogens (tertiary/aromatic N) is 2. The van der Waals surface area contributed by atoms with Gasteiger partial charge in [0.1, 0.15) is 0 Å². The van der Waals surface area contributed by atoms with Crippen molar-refractivity contribution >= 4 is 10.0 Å². The molecule has 0 aromatic heterocycles. The van der Waals surface area contributed by atoms with Gasteiger partial charge in [0, 0.05) is 25.2 Å². The van der Waals surface area contributed by atoms with E-state index < -0.39 is 10.0 Å². The molecule has 0 bridgehead atoms. The van der Waals surface area contributed by atoms with Gasteiger partial charge in [-0.2, -0.15) is 4.31 Å². The minimum Gasteiger partial charge on any atom is -0.268 e. The van der Waals surface area contributed by atoms with Crippen molar-refractivity contribution in [2.24, 2.45) is 5.84 Å². The van der Waals surface area contributed by atoms with Gasteiger partial charge in [0.05, 0.1) is 6.26 Å². The molecule has 6 heteroatoms. The van der Waals surface area contributed by atoms with E-state index in [-0.39, 0.29) is 5.54 Å². The molecule has 1 rings (SSSR count). The van der Waals surface area contributed by atoms with Crippen molar-refractivity contribution in [3.8, 4) is 0 Å². The monoisotopic (exact) mass is 207 g/mol. The summed E-state index contributed by atoms with van der Waals surface area (Å²) in [5.41, 5.74) is -0.276. The van der Waals surface area contributed by atoms with Gasteiger partial charge in [-0.15, -0.1) is 0 Å². The minimum atomic E-state index is -3.07. The number of sulfonamides is 1. The Bertz CT molecular complexity index is 286. The topological polar surface area (TPSA) is 66.6 Å². The second-order valence-corrected chi connectivity index (χ2v) is 6.08. The van der Waals surface area contributed by atoms with E-state index in [9.17, 15) is 8.42 Å². The van der Waals surface area contributed by atoms with Crippen LogP contribution in [0, 0.1) is 0 Å². The second-order valence-electron chi connectivity index (χ2n) is 4.10. The molecule has 1 saturated heterocycles. The molecule has 2 N–H and O–H groups in total. The molecule has 0 unspecified atom stereocenters. The molecular formula is C7H17N3O2S. The fourth-order valence-corrected chi connectivity index (χ4v) is 2.37. The van der Waals surface area contributed by atoms with E-state index in [1.807, 2.05) is 13.8 Å². The molecule has 0 radical (unpaired) electrons. The summed E-state index contributed by atoms with van der Waals surface area (Å²) in [4.78, 5) is 0. The zero-order valence-corrected chi connectivity index (χ0v) is 9.13. The molecule has 0 aliphatic carbocycles. The van der Waals surface area contributed by atoms with Crippen LogP contribution < -0.4 is 5.84 Å². The minimum absolute atomic E-state index is 0.276. The first-order valence-electron chi connectivity index (χ1n) is 4.21. The summed E-state index contributed by atoms with van der Waals surface area (Å²) < 4.78 is 24.0. The summed E-state index contributed by atoms with van der Waals surface area (Å²) >= 11 is 0. The average Bonchev–Trinajstić information content (AvgIpc) is 1.92. The van der Waals surface area contributed by atoms with Crippen LogP contribution in [0.1, 0.15) is 13.8 Å². The number of hydrogen-bond acceptors (Lipinski definition) is 4. The van der Waals surface area contributed by atoms with Gasteiger partial charge >= 0.3 is 0 Å². The molecule has 0 amide bonds. The molecule has 0 aromatic rings. The van der Waals surface area contributed by atoms with E-state index >= 15 is 0 Å². The van der Waals surface area contributed by atoms with Crippen LogP contribution >= 0.6 is 0 Å². The summed E-state index contributed by atoms with van der Waals surface area (Å²) in [6.45, 7) is 5.40. The van der Waals surface area contributed by atoms with Crippen LogP contribution in [0.25, 0.3) is 0 Å². The lowest BCUT2D eigenvalue weighted by molar-refractivity contribution is 0.0547. The lowest BCUT2D eigenvalue weighted by atomic mass is 10.0. The predicted molar refractivity (Wildman–Crippen MR) is 51.4 cm³/mol. The molecule has 1 fully saturated rings. The van der Waals surface area contributed by atoms with Crippen LogP contribution in [-0.2, 0) is 10.0 Å². The maximum absolute atomic E-state index is 11.2. The maximum atomic E-state index is 11.2. The standard InChI is InChI=1S/C7H17N3O2S/c1-7(2)6-9(13(3,11)12)4-5-10(7)8/h4-6,8H2,1-3H3. The molecule has 1 aliphatic rings. The van der Waals surface area contributed by atoms with Crippen molar-refractivity contribution < 1.29 is 8.42 Å². The molecule has 0 aromatic carbocycles. The third-order valence-electron chi connectivity index (χ3n) is 2.40. The highest BCUT2D eigenvalue weighted by atomic mass is 32.2. The van der Waals surface area contributed by atoms with Crippen molar-refractivity contribution in [2.45, 2.75) is 19.4 Å². The number of hydrogen-bond donors (Lipinski definition) is 1. The first-order chi connectivity index (χ1) is 5.73. The molecule has 0 atom stereocenters. The van der Waals surface area contributed by atoms with E-state index in [1.165, 1.54) is 10.6 Å². The first kappa shape index (κ1) is 10.9. The smallest absolute Gasteiger partial charge is 0.211 e. The van der Waals surface area contributed by atoms with Crippen molar-refractivity contribution in [1.29, 1.82) is 0 Å². The summed E-state index contributed by atoms with van der Waals surface area (Å²) in [5, 5.41) is 1.69. The van der Waals surface area contributed by atoms with E-state index in [2.05, 4.69) is 0 Å². The van der Waals surface area contributed by atoms with Crippen LogP contribution in [0.5, 0.6) is 0 Å². The zero-order valence-electron chi connectivity index (χ0n) is 8.32. The number of nitrogens with two attached hydrogens (primary N) is 1. The maximum Gasteiger partial charge on any atom is 0.211 e. The fourth-order valence-electron chi connectivity index (χ4n) is 1.41. The van der Waals surface area contributed by atoms with Gasteiger partial charge in [-0.3, -0.25) is 5.84 Å². The summed E-state index contributed by atoms with van der Waals surface area (Å²) in [7, 11) is -3.07. The Morgan fingerprint density at radius 3 is 2.23 bits per heavy atom. The zero-order chi connectivity index (χ0) is 10.3. The third kappa shape index (κ3) is 2.40. The Labute approximate surface area is 79.5 Å². The van der Waals surface area contributed by atoms with Crippen LogP contribution in [0.2, 0.25) is 0 Å². The Morgan fingerprint density at radius 2 is 1.85 bits per heavy atom. The summed E-state index contributed by atoms with van der Waals surface area (Å²) in [6, 6.07) is 0. The van der Waals surface area contributed by atoms with Gasteiger partial charge in [0.2, 0.25) is 10.0 Å². The van der Waals surface area contributed by atoms with Gasteiger partial charge in [-0.05, 0) is 13.8 Å². The Morgan fingerprint density at radius 1 is 1.31 bits per heavy atom. The fraction of sp³-hybridized carbons (Fsp3) is 1.00. The molecule has 1 aliphatic heterocycles. The van der Waals surface area contributed by atoms with Crippen LogP contribution in [0.15, 0.2) is 0 Å². The Kier molecular flexibility index (Phi) is 2.68. The molecule has 1 heterocycles. The SMILES string of the molecule is CC1(C)CN(S(C)(=O)=O)CCN1N. The third-order valence-corrected chi connectivity index (χ3v) is 3.65. The van der Waals surface area contributed by atoms with E-state index in [0.717, 1.165) is 0 Å². The average molecular weight is 207 g/mol. The number of hydrazine groups is 1. The molecular weight excluding hydrogens is 190 g/mol. The van der Waals surface area contributed by atoms with E-state index in [1.54, 1.807) is 5.01 Å². The molecule has 13 heavy (non-hydrogen) atoms. The van der Waals surface area contributed by atoms with Crippen LogP contribution in [-0.4, -0.2) is 49.2 Å². The summed E-state index contributed by atoms with van der Waals surface area (Å²) in [5.74, 6) is 5.73. The Balaban J connectivity index is 2.78. The first-order valence-corrected chi connectivity index (χ1v) is 6.06. The highest BCUT2D eigenvalue weighted by Gasteiger charge is 2.35. The van der Waals surface area contributed by atoms with Gasteiger partial charge in [0.15, 0.2) is 0 Å².